The van der Waals surface area contributed by atoms with Gasteiger partial charge >= 0.3 is 0 Å². The van der Waals surface area contributed by atoms with E-state index >= 15 is 0 Å². The normalized spacial score (nSPS) is 23.8. The van der Waals surface area contributed by atoms with Crippen LogP contribution < -0.4 is 0 Å². The quantitative estimate of drug-likeness (QED) is 0.778. The van der Waals surface area contributed by atoms with Gasteiger partial charge in [-0.15, -0.1) is 0 Å². The predicted molar refractivity (Wildman–Crippen MR) is 105 cm³/mol. The summed E-state index contributed by atoms with van der Waals surface area (Å²) in [5, 5.41) is 0. The number of rotatable bonds is 4. The molecule has 2 aromatic carbocycles. The van der Waals surface area contributed by atoms with Crippen molar-refractivity contribution in [2.75, 3.05) is 13.1 Å². The lowest BCUT2D eigenvalue weighted by atomic mass is 9.66. The summed E-state index contributed by atoms with van der Waals surface area (Å²) in [5.74, 6) is 1.91. The van der Waals surface area contributed by atoms with Crippen molar-refractivity contribution in [3.63, 3.8) is 0 Å². The minimum absolute atomic E-state index is 0.0715. The van der Waals surface area contributed by atoms with Gasteiger partial charge in [-0.2, -0.15) is 0 Å². The second kappa shape index (κ2) is 6.67. The molecule has 1 saturated carbocycles. The lowest BCUT2D eigenvalue weighted by Gasteiger charge is -2.38. The fraction of sp³-hybridized carbons (Fsp3) is 0.435. The van der Waals surface area contributed by atoms with E-state index in [1.165, 1.54) is 36.2 Å². The van der Waals surface area contributed by atoms with Crippen LogP contribution in [0.5, 0.6) is 0 Å². The van der Waals surface area contributed by atoms with Crippen LogP contribution in [0.15, 0.2) is 65.7 Å². The largest absolute Gasteiger partial charge is 0.356 e. The maximum Gasteiger partial charge on any atom is 0.0961 e. The Hall–Kier alpha value is -2.09. The molecule has 0 saturated heterocycles. The van der Waals surface area contributed by atoms with E-state index in [0.29, 0.717) is 12.0 Å². The second-order valence-corrected chi connectivity index (χ2v) is 7.72. The lowest BCUT2D eigenvalue weighted by molar-refractivity contribution is 0.298. The summed E-state index contributed by atoms with van der Waals surface area (Å²) in [4.78, 5) is 7.16. The van der Waals surface area contributed by atoms with E-state index in [4.69, 9.17) is 0 Å². The van der Waals surface area contributed by atoms with Gasteiger partial charge in [0.05, 0.1) is 12.4 Å². The molecule has 130 valence electrons. The molecule has 1 heterocycles. The highest BCUT2D eigenvalue weighted by molar-refractivity contribution is 5.81. The molecule has 1 aliphatic carbocycles. The third-order valence-electron chi connectivity index (χ3n) is 6.51. The molecule has 1 unspecified atom stereocenters. The molecule has 2 nitrogen and oxygen atoms in total. The van der Waals surface area contributed by atoms with Crippen molar-refractivity contribution in [1.82, 2.24) is 4.90 Å². The van der Waals surface area contributed by atoms with Crippen molar-refractivity contribution in [3.8, 4) is 0 Å². The average molecular weight is 332 g/mol. The number of hydrogen-bond acceptors (Lipinski definition) is 2. The lowest BCUT2D eigenvalue weighted by Crippen LogP contribution is -2.37. The fourth-order valence-electron chi connectivity index (χ4n) is 4.99. The van der Waals surface area contributed by atoms with Crippen molar-refractivity contribution in [3.05, 3.63) is 71.8 Å². The first-order valence-corrected chi connectivity index (χ1v) is 9.58. The first kappa shape index (κ1) is 16.4. The Morgan fingerprint density at radius 1 is 0.920 bits per heavy atom. The van der Waals surface area contributed by atoms with E-state index < -0.39 is 0 Å². The van der Waals surface area contributed by atoms with E-state index in [0.717, 1.165) is 13.1 Å². The molecule has 0 N–H and O–H groups in total. The zero-order valence-electron chi connectivity index (χ0n) is 15.4. The van der Waals surface area contributed by atoms with Gasteiger partial charge in [0.2, 0.25) is 0 Å². The molecule has 2 aliphatic rings. The zero-order chi connectivity index (χ0) is 17.3. The molecule has 4 rings (SSSR count). The van der Waals surface area contributed by atoms with Crippen LogP contribution >= 0.6 is 0 Å². The minimum atomic E-state index is 0.0715. The summed E-state index contributed by atoms with van der Waals surface area (Å²) in [7, 11) is 0. The summed E-state index contributed by atoms with van der Waals surface area (Å²) in [6, 6.07) is 22.9. The highest BCUT2D eigenvalue weighted by Gasteiger charge is 2.43. The van der Waals surface area contributed by atoms with Crippen molar-refractivity contribution < 1.29 is 0 Å². The Kier molecular flexibility index (Phi) is 4.37. The molecule has 1 fully saturated rings. The van der Waals surface area contributed by atoms with Crippen LogP contribution in [0, 0.1) is 5.92 Å². The summed E-state index contributed by atoms with van der Waals surface area (Å²) in [5.41, 5.74) is 2.96. The van der Waals surface area contributed by atoms with Crippen molar-refractivity contribution in [2.45, 2.75) is 44.6 Å². The molecule has 0 radical (unpaired) electrons. The Bertz CT molecular complexity index is 696. The summed E-state index contributed by atoms with van der Waals surface area (Å²) in [6.07, 6.45) is 3.83. The molecular formula is C23H28N2. The van der Waals surface area contributed by atoms with Crippen LogP contribution in [-0.2, 0) is 5.41 Å². The Labute approximate surface area is 151 Å². The predicted octanol–water partition coefficient (Wildman–Crippen LogP) is 4.90. The molecule has 0 amide bonds. The third-order valence-corrected chi connectivity index (χ3v) is 6.51. The number of amidine groups is 1. The number of benzene rings is 2. The van der Waals surface area contributed by atoms with Gasteiger partial charge in [0, 0.05) is 18.0 Å². The van der Waals surface area contributed by atoms with Crippen molar-refractivity contribution >= 4 is 5.84 Å². The molecule has 0 bridgehead atoms. The van der Waals surface area contributed by atoms with Crippen LogP contribution in [-0.4, -0.2) is 29.9 Å². The topological polar surface area (TPSA) is 15.6 Å². The standard InChI is InChI=1S/C23H28N2/c1-18-24-15-16-25(18)22-14-13-21(17-22)23(2,19-9-5-3-6-10-19)20-11-7-4-8-12-20/h3-12,21-22H,13-17H2,1-2H3/t21?,22-/m0/s1. The minimum Gasteiger partial charge on any atom is -0.356 e. The number of hydrogen-bond donors (Lipinski definition) is 0. The van der Waals surface area contributed by atoms with Gasteiger partial charge in [0.25, 0.3) is 0 Å². The van der Waals surface area contributed by atoms with E-state index in [1.54, 1.807) is 0 Å². The molecule has 2 atom stereocenters. The maximum atomic E-state index is 4.61. The molecule has 1 aliphatic heterocycles. The van der Waals surface area contributed by atoms with Gasteiger partial charge in [-0.05, 0) is 43.2 Å². The molecular weight excluding hydrogens is 304 g/mol. The van der Waals surface area contributed by atoms with Crippen LogP contribution in [0.4, 0.5) is 0 Å². The third kappa shape index (κ3) is 2.88. The monoisotopic (exact) mass is 332 g/mol. The molecule has 0 spiro atoms. The fourth-order valence-corrected chi connectivity index (χ4v) is 4.99. The molecule has 2 aromatic rings. The molecule has 2 heteroatoms. The first-order valence-electron chi connectivity index (χ1n) is 9.58. The van der Waals surface area contributed by atoms with Gasteiger partial charge in [0.1, 0.15) is 0 Å². The maximum absolute atomic E-state index is 4.61. The smallest absolute Gasteiger partial charge is 0.0961 e. The molecule has 0 aromatic heterocycles. The molecule has 25 heavy (non-hydrogen) atoms. The van der Waals surface area contributed by atoms with E-state index in [-0.39, 0.29) is 5.41 Å². The van der Waals surface area contributed by atoms with E-state index in [2.05, 4.69) is 84.4 Å². The Morgan fingerprint density at radius 2 is 1.52 bits per heavy atom. The highest BCUT2D eigenvalue weighted by atomic mass is 15.3. The van der Waals surface area contributed by atoms with Gasteiger partial charge in [-0.3, -0.25) is 4.99 Å². The van der Waals surface area contributed by atoms with E-state index in [9.17, 15) is 0 Å². The summed E-state index contributed by atoms with van der Waals surface area (Å²) < 4.78 is 0. The van der Waals surface area contributed by atoms with Gasteiger partial charge in [-0.1, -0.05) is 67.6 Å². The van der Waals surface area contributed by atoms with Gasteiger partial charge in [0.15, 0.2) is 0 Å². The summed E-state index contributed by atoms with van der Waals surface area (Å²) in [6.45, 7) is 6.71. The van der Waals surface area contributed by atoms with E-state index in [1.807, 2.05) is 0 Å². The van der Waals surface area contributed by atoms with Crippen LogP contribution in [0.25, 0.3) is 0 Å². The Balaban J connectivity index is 1.67. The van der Waals surface area contributed by atoms with Crippen molar-refractivity contribution in [1.29, 1.82) is 0 Å². The second-order valence-electron chi connectivity index (χ2n) is 7.72. The number of nitrogens with zero attached hydrogens (tertiary/aromatic N) is 2. The summed E-state index contributed by atoms with van der Waals surface area (Å²) >= 11 is 0. The van der Waals surface area contributed by atoms with Gasteiger partial charge in [-0.25, -0.2) is 0 Å². The number of aliphatic imine (C=N–C) groups is 1. The highest BCUT2D eigenvalue weighted by Crippen LogP contribution is 2.47. The Morgan fingerprint density at radius 3 is 2.04 bits per heavy atom. The first-order chi connectivity index (χ1) is 12.2. The zero-order valence-corrected chi connectivity index (χ0v) is 15.4. The SMILES string of the molecule is CC1=NCCN1[C@H]1CCC(C(C)(c2ccccc2)c2ccccc2)C1. The van der Waals surface area contributed by atoms with Crippen LogP contribution in [0.2, 0.25) is 0 Å². The average Bonchev–Trinajstić information content (AvgIpc) is 3.31. The van der Waals surface area contributed by atoms with Crippen LogP contribution in [0.3, 0.4) is 0 Å². The van der Waals surface area contributed by atoms with Crippen LogP contribution in [0.1, 0.15) is 44.2 Å². The van der Waals surface area contributed by atoms with Crippen molar-refractivity contribution in [2.24, 2.45) is 10.9 Å². The van der Waals surface area contributed by atoms with Gasteiger partial charge < -0.3 is 4.90 Å².